The topological polar surface area (TPSA) is 62.3 Å². The van der Waals surface area contributed by atoms with Crippen LogP contribution in [0, 0.1) is 0 Å². The van der Waals surface area contributed by atoms with Crippen LogP contribution >= 0.6 is 0 Å². The van der Waals surface area contributed by atoms with Crippen LogP contribution in [0.25, 0.3) is 11.0 Å². The fourth-order valence-electron chi connectivity index (χ4n) is 1.99. The summed E-state index contributed by atoms with van der Waals surface area (Å²) in [6.07, 6.45) is -4.33. The van der Waals surface area contributed by atoms with Crippen LogP contribution in [0.1, 0.15) is 6.92 Å². The van der Waals surface area contributed by atoms with Gasteiger partial charge in [-0.3, -0.25) is 0 Å². The zero-order chi connectivity index (χ0) is 15.5. The smallest absolute Gasteiger partial charge is 0.411 e. The minimum absolute atomic E-state index is 0.103. The Hall–Kier alpha value is -1.96. The maximum Gasteiger partial charge on any atom is 0.411 e. The molecule has 0 saturated heterocycles. The molecule has 2 rings (SSSR count). The zero-order valence-corrected chi connectivity index (χ0v) is 11.5. The number of para-hydroxylation sites is 1. The van der Waals surface area contributed by atoms with Crippen LogP contribution in [0.2, 0.25) is 0 Å². The quantitative estimate of drug-likeness (QED) is 0.833. The average molecular weight is 303 g/mol. The molecule has 2 aromatic rings. The molecule has 1 aromatic carbocycles. The van der Waals surface area contributed by atoms with E-state index in [1.54, 1.807) is 22.8 Å². The summed E-state index contributed by atoms with van der Waals surface area (Å²) in [7, 11) is 0. The second kappa shape index (κ2) is 6.21. The van der Waals surface area contributed by atoms with Crippen molar-refractivity contribution in [3.05, 3.63) is 18.2 Å². The lowest BCUT2D eigenvalue weighted by Crippen LogP contribution is -2.19. The van der Waals surface area contributed by atoms with Crippen LogP contribution in [0.4, 0.5) is 19.1 Å². The van der Waals surface area contributed by atoms with E-state index in [0.29, 0.717) is 23.4 Å². The van der Waals surface area contributed by atoms with Gasteiger partial charge in [0.2, 0.25) is 5.95 Å². The summed E-state index contributed by atoms with van der Waals surface area (Å²) in [4.78, 5) is 4.20. The highest BCUT2D eigenvalue weighted by Crippen LogP contribution is 2.27. The Labute approximate surface area is 119 Å². The van der Waals surface area contributed by atoms with Crippen molar-refractivity contribution in [2.24, 2.45) is 0 Å². The van der Waals surface area contributed by atoms with Crippen LogP contribution in [0.3, 0.4) is 0 Å². The van der Waals surface area contributed by atoms with Gasteiger partial charge in [0.15, 0.2) is 0 Å². The van der Waals surface area contributed by atoms with Crippen molar-refractivity contribution < 1.29 is 22.6 Å². The fourth-order valence-corrected chi connectivity index (χ4v) is 1.99. The molecule has 116 valence electrons. The number of aromatic nitrogens is 2. The third kappa shape index (κ3) is 3.78. The highest BCUT2D eigenvalue weighted by atomic mass is 19.4. The molecule has 2 N–H and O–H groups in total. The largest absolute Gasteiger partial charge is 0.492 e. The van der Waals surface area contributed by atoms with Gasteiger partial charge in [-0.2, -0.15) is 13.2 Å². The number of halogens is 3. The van der Waals surface area contributed by atoms with Gasteiger partial charge in [0.1, 0.15) is 17.9 Å². The van der Waals surface area contributed by atoms with E-state index >= 15 is 0 Å². The summed E-state index contributed by atoms with van der Waals surface area (Å²) < 4.78 is 47.7. The van der Waals surface area contributed by atoms with Gasteiger partial charge in [0.25, 0.3) is 0 Å². The molecule has 1 aromatic heterocycles. The molecule has 0 fully saturated rings. The van der Waals surface area contributed by atoms with E-state index in [9.17, 15) is 13.2 Å². The molecule has 0 spiro atoms. The number of benzene rings is 1. The number of hydrogen-bond acceptors (Lipinski definition) is 4. The predicted molar refractivity (Wildman–Crippen MR) is 72.2 cm³/mol. The Balaban J connectivity index is 2.13. The van der Waals surface area contributed by atoms with E-state index in [2.05, 4.69) is 9.72 Å². The normalized spacial score (nSPS) is 12.0. The standard InChI is InChI=1S/C13H16F3N3O2/c1-2-21-10-5-3-4-9-11(10)18-12(17)19(9)6-7-20-8-13(14,15)16/h3-5H,2,6-8H2,1H3,(H2,17,18). The molecule has 0 aliphatic rings. The van der Waals surface area contributed by atoms with Crippen LogP contribution in [-0.4, -0.2) is 35.5 Å². The number of nitrogens with two attached hydrogens (primary N) is 1. The average Bonchev–Trinajstić information content (AvgIpc) is 2.71. The summed E-state index contributed by atoms with van der Waals surface area (Å²) in [5.74, 6) is 0.810. The minimum atomic E-state index is -4.33. The Morgan fingerprint density at radius 1 is 1.33 bits per heavy atom. The predicted octanol–water partition coefficient (Wildman–Crippen LogP) is 2.60. The van der Waals surface area contributed by atoms with Gasteiger partial charge >= 0.3 is 6.18 Å². The van der Waals surface area contributed by atoms with Gasteiger partial charge in [-0.1, -0.05) is 6.07 Å². The van der Waals surface area contributed by atoms with Gasteiger partial charge in [0.05, 0.1) is 18.7 Å². The second-order valence-electron chi connectivity index (χ2n) is 4.35. The van der Waals surface area contributed by atoms with Crippen LogP contribution in [-0.2, 0) is 11.3 Å². The van der Waals surface area contributed by atoms with Crippen molar-refractivity contribution in [2.75, 3.05) is 25.6 Å². The third-order valence-corrected chi connectivity index (χ3v) is 2.80. The van der Waals surface area contributed by atoms with Gasteiger partial charge < -0.3 is 19.8 Å². The number of nitrogen functional groups attached to an aromatic ring is 1. The number of ether oxygens (including phenoxy) is 2. The first-order valence-electron chi connectivity index (χ1n) is 6.44. The van der Waals surface area contributed by atoms with Gasteiger partial charge in [-0.05, 0) is 19.1 Å². The van der Waals surface area contributed by atoms with Crippen molar-refractivity contribution >= 4 is 17.0 Å². The highest BCUT2D eigenvalue weighted by molar-refractivity contribution is 5.84. The lowest BCUT2D eigenvalue weighted by molar-refractivity contribution is -0.174. The molecule has 21 heavy (non-hydrogen) atoms. The summed E-state index contributed by atoms with van der Waals surface area (Å²) in [5, 5.41) is 0. The first-order valence-corrected chi connectivity index (χ1v) is 6.44. The minimum Gasteiger partial charge on any atom is -0.492 e. The summed E-state index contributed by atoms with van der Waals surface area (Å²) >= 11 is 0. The number of anilines is 1. The summed E-state index contributed by atoms with van der Waals surface area (Å²) in [6, 6.07) is 5.33. The van der Waals surface area contributed by atoms with Crippen molar-refractivity contribution in [2.45, 2.75) is 19.6 Å². The summed E-state index contributed by atoms with van der Waals surface area (Å²) in [6.45, 7) is 1.15. The van der Waals surface area contributed by atoms with Gasteiger partial charge in [0, 0.05) is 6.54 Å². The van der Waals surface area contributed by atoms with Gasteiger partial charge in [-0.15, -0.1) is 0 Å². The molecule has 0 radical (unpaired) electrons. The fraction of sp³-hybridized carbons (Fsp3) is 0.462. The van der Waals surface area contributed by atoms with Crippen LogP contribution in [0.5, 0.6) is 5.75 Å². The molecule has 0 aliphatic heterocycles. The van der Waals surface area contributed by atoms with Crippen LogP contribution < -0.4 is 10.5 Å². The summed E-state index contributed by atoms with van der Waals surface area (Å²) in [5.41, 5.74) is 7.10. The number of imidazole rings is 1. The van der Waals surface area contributed by atoms with Crippen molar-refractivity contribution in [3.8, 4) is 5.75 Å². The lowest BCUT2D eigenvalue weighted by atomic mass is 10.3. The van der Waals surface area contributed by atoms with E-state index in [4.69, 9.17) is 10.5 Å². The zero-order valence-electron chi connectivity index (χ0n) is 11.5. The molecular weight excluding hydrogens is 287 g/mol. The maximum absolute atomic E-state index is 12.0. The number of alkyl halides is 3. The van der Waals surface area contributed by atoms with Crippen LogP contribution in [0.15, 0.2) is 18.2 Å². The molecule has 0 unspecified atom stereocenters. The SMILES string of the molecule is CCOc1cccc2c1nc(N)n2CCOCC(F)(F)F. The first kappa shape index (κ1) is 15.4. The van der Waals surface area contributed by atoms with Gasteiger partial charge in [-0.25, -0.2) is 4.98 Å². The van der Waals surface area contributed by atoms with E-state index in [-0.39, 0.29) is 19.1 Å². The molecule has 8 heteroatoms. The molecule has 0 bridgehead atoms. The van der Waals surface area contributed by atoms with Crippen molar-refractivity contribution in [3.63, 3.8) is 0 Å². The van der Waals surface area contributed by atoms with E-state index < -0.39 is 12.8 Å². The molecule has 1 heterocycles. The number of nitrogens with zero attached hydrogens (tertiary/aromatic N) is 2. The Morgan fingerprint density at radius 3 is 2.76 bits per heavy atom. The highest BCUT2D eigenvalue weighted by Gasteiger charge is 2.27. The molecule has 5 nitrogen and oxygen atoms in total. The molecule has 0 atom stereocenters. The first-order chi connectivity index (χ1) is 9.92. The third-order valence-electron chi connectivity index (χ3n) is 2.80. The molecule has 0 aliphatic carbocycles. The monoisotopic (exact) mass is 303 g/mol. The number of fused-ring (bicyclic) bond motifs is 1. The maximum atomic E-state index is 12.0. The lowest BCUT2D eigenvalue weighted by Gasteiger charge is -2.09. The Kier molecular flexibility index (Phi) is 4.56. The molecular formula is C13H16F3N3O2. The Bertz CT molecular complexity index is 610. The number of hydrogen-bond donors (Lipinski definition) is 1. The van der Waals surface area contributed by atoms with E-state index in [0.717, 1.165) is 0 Å². The van der Waals surface area contributed by atoms with E-state index in [1.165, 1.54) is 0 Å². The molecule has 0 saturated carbocycles. The van der Waals surface area contributed by atoms with Crippen molar-refractivity contribution in [1.29, 1.82) is 0 Å². The molecule has 0 amide bonds. The van der Waals surface area contributed by atoms with E-state index in [1.807, 2.05) is 6.92 Å². The second-order valence-corrected chi connectivity index (χ2v) is 4.35. The number of rotatable bonds is 6. The Morgan fingerprint density at radius 2 is 2.10 bits per heavy atom. The van der Waals surface area contributed by atoms with Crippen molar-refractivity contribution in [1.82, 2.24) is 9.55 Å².